The van der Waals surface area contributed by atoms with Gasteiger partial charge in [0.1, 0.15) is 11.1 Å². The summed E-state index contributed by atoms with van der Waals surface area (Å²) in [4.78, 5) is 17.0. The molecule has 0 radical (unpaired) electrons. The highest BCUT2D eigenvalue weighted by atomic mass is 16.5. The van der Waals surface area contributed by atoms with Gasteiger partial charge >= 0.3 is 0 Å². The van der Waals surface area contributed by atoms with Crippen LogP contribution in [0, 0.1) is 23.2 Å². The Morgan fingerprint density at radius 2 is 2.00 bits per heavy atom. The predicted octanol–water partition coefficient (Wildman–Crippen LogP) is 4.44. The van der Waals surface area contributed by atoms with Crippen LogP contribution >= 0.6 is 0 Å². The molecule has 2 bridgehead atoms. The van der Waals surface area contributed by atoms with Crippen LogP contribution in [0.25, 0.3) is 21.9 Å². The SMILES string of the molecule is COc1c2occc2c(OC)c2c(=O)nc(NC[C@H]3CCC4CC3C4(C)C)oc12. The number of rotatable bonds is 5. The molecule has 7 heteroatoms. The molecule has 3 atom stereocenters. The van der Waals surface area contributed by atoms with Gasteiger partial charge < -0.3 is 23.6 Å². The van der Waals surface area contributed by atoms with Crippen LogP contribution in [0.1, 0.15) is 33.1 Å². The molecule has 3 aliphatic carbocycles. The zero-order valence-electron chi connectivity index (χ0n) is 17.2. The number of anilines is 1. The molecule has 0 saturated heterocycles. The van der Waals surface area contributed by atoms with E-state index in [0.29, 0.717) is 39.7 Å². The fourth-order valence-electron chi connectivity index (χ4n) is 5.58. The van der Waals surface area contributed by atoms with Crippen molar-refractivity contribution in [1.82, 2.24) is 4.98 Å². The zero-order valence-corrected chi connectivity index (χ0v) is 17.2. The Morgan fingerprint density at radius 1 is 1.21 bits per heavy atom. The van der Waals surface area contributed by atoms with Gasteiger partial charge in [-0.05, 0) is 48.5 Å². The molecule has 2 heterocycles. The Hall–Kier alpha value is -2.70. The number of hydrogen-bond donors (Lipinski definition) is 1. The van der Waals surface area contributed by atoms with Crippen LogP contribution in [-0.4, -0.2) is 25.7 Å². The lowest BCUT2D eigenvalue weighted by Crippen LogP contribution is -2.53. The van der Waals surface area contributed by atoms with E-state index >= 15 is 0 Å². The summed E-state index contributed by atoms with van der Waals surface area (Å²) in [6.45, 7) is 5.49. The normalized spacial score (nSPS) is 25.0. The number of hydrogen-bond acceptors (Lipinski definition) is 7. The van der Waals surface area contributed by atoms with E-state index in [1.54, 1.807) is 6.07 Å². The van der Waals surface area contributed by atoms with Crippen LogP contribution in [-0.2, 0) is 0 Å². The lowest BCUT2D eigenvalue weighted by Gasteiger charge is -2.60. The molecule has 3 fully saturated rings. The average Bonchev–Trinajstić information content (AvgIpc) is 3.20. The van der Waals surface area contributed by atoms with Gasteiger partial charge in [0, 0.05) is 6.54 Å². The molecular formula is C22H26N2O5. The minimum absolute atomic E-state index is 0.202. The smallest absolute Gasteiger partial charge is 0.298 e. The summed E-state index contributed by atoms with van der Waals surface area (Å²) < 4.78 is 22.5. The van der Waals surface area contributed by atoms with Crippen molar-refractivity contribution in [1.29, 1.82) is 0 Å². The topological polar surface area (TPSA) is 86.7 Å². The summed E-state index contributed by atoms with van der Waals surface area (Å²) >= 11 is 0. The maximum absolute atomic E-state index is 12.9. The third-order valence-corrected chi connectivity index (χ3v) is 7.32. The first-order chi connectivity index (χ1) is 14.0. The van der Waals surface area contributed by atoms with Crippen molar-refractivity contribution in [3.63, 3.8) is 0 Å². The van der Waals surface area contributed by atoms with Crippen molar-refractivity contribution in [2.75, 3.05) is 26.1 Å². The molecule has 0 aliphatic heterocycles. The standard InChI is InChI=1S/C22H26N2O5/c1-22(2)12-6-5-11(14(22)9-12)10-23-21-24-20(25)15-16(26-3)13-7-8-28-17(13)19(27-4)18(15)29-21/h7-8,11-12,14H,5-6,9-10H2,1-4H3,(H,23,24,25)/t11-,12?,14?/m1/s1. The molecular weight excluding hydrogens is 372 g/mol. The van der Waals surface area contributed by atoms with E-state index in [0.717, 1.165) is 12.5 Å². The van der Waals surface area contributed by atoms with Gasteiger partial charge in [0.05, 0.1) is 25.9 Å². The molecule has 2 aromatic heterocycles. The summed E-state index contributed by atoms with van der Waals surface area (Å²) in [7, 11) is 3.03. The van der Waals surface area contributed by atoms with Crippen molar-refractivity contribution in [3.8, 4) is 11.5 Å². The molecule has 6 rings (SSSR count). The van der Waals surface area contributed by atoms with Gasteiger partial charge in [0.15, 0.2) is 11.2 Å². The van der Waals surface area contributed by atoms with E-state index in [2.05, 4.69) is 24.1 Å². The second kappa shape index (κ2) is 6.40. The van der Waals surface area contributed by atoms with E-state index in [9.17, 15) is 4.79 Å². The van der Waals surface area contributed by atoms with Crippen molar-refractivity contribution < 1.29 is 18.3 Å². The van der Waals surface area contributed by atoms with Crippen LogP contribution in [0.4, 0.5) is 6.01 Å². The van der Waals surface area contributed by atoms with Gasteiger partial charge in [-0.2, -0.15) is 4.98 Å². The van der Waals surface area contributed by atoms with E-state index in [1.165, 1.54) is 39.7 Å². The fraction of sp³-hybridized carbons (Fsp3) is 0.545. The number of ether oxygens (including phenoxy) is 2. The number of aromatic nitrogens is 1. The quantitative estimate of drug-likeness (QED) is 0.680. The molecule has 1 N–H and O–H groups in total. The molecule has 2 unspecified atom stereocenters. The summed E-state index contributed by atoms with van der Waals surface area (Å²) in [5.41, 5.74) is 0.748. The number of methoxy groups -OCH3 is 2. The molecule has 1 aromatic carbocycles. The maximum Gasteiger partial charge on any atom is 0.298 e. The first-order valence-corrected chi connectivity index (χ1v) is 10.2. The van der Waals surface area contributed by atoms with Gasteiger partial charge in [-0.3, -0.25) is 4.79 Å². The molecule has 0 spiro atoms. The van der Waals surface area contributed by atoms with Crippen molar-refractivity contribution >= 4 is 28.0 Å². The number of benzene rings is 1. The lowest BCUT2D eigenvalue weighted by atomic mass is 9.45. The molecule has 3 aromatic rings. The monoisotopic (exact) mass is 398 g/mol. The second-order valence-corrected chi connectivity index (χ2v) is 8.84. The molecule has 3 aliphatic rings. The van der Waals surface area contributed by atoms with E-state index in [-0.39, 0.29) is 17.0 Å². The van der Waals surface area contributed by atoms with E-state index < -0.39 is 5.56 Å². The first kappa shape index (κ1) is 18.3. The van der Waals surface area contributed by atoms with Crippen LogP contribution in [0.3, 0.4) is 0 Å². The third kappa shape index (κ3) is 2.56. The summed E-state index contributed by atoms with van der Waals surface area (Å²) in [5, 5.41) is 4.17. The molecule has 154 valence electrons. The van der Waals surface area contributed by atoms with Crippen LogP contribution in [0.2, 0.25) is 0 Å². The van der Waals surface area contributed by atoms with E-state index in [1.807, 2.05) is 0 Å². The van der Waals surface area contributed by atoms with Gasteiger partial charge in [-0.15, -0.1) is 0 Å². The summed E-state index contributed by atoms with van der Waals surface area (Å²) in [5.74, 6) is 2.86. The maximum atomic E-state index is 12.9. The van der Waals surface area contributed by atoms with Crippen molar-refractivity contribution in [3.05, 3.63) is 22.7 Å². The fourth-order valence-corrected chi connectivity index (χ4v) is 5.58. The second-order valence-electron chi connectivity index (χ2n) is 8.84. The Morgan fingerprint density at radius 3 is 2.69 bits per heavy atom. The average molecular weight is 398 g/mol. The Bertz CT molecular complexity index is 1140. The number of nitrogens with zero attached hydrogens (tertiary/aromatic N) is 1. The number of furan rings is 1. The molecule has 3 saturated carbocycles. The third-order valence-electron chi connectivity index (χ3n) is 7.32. The van der Waals surface area contributed by atoms with Crippen molar-refractivity contribution in [2.45, 2.75) is 33.1 Å². The van der Waals surface area contributed by atoms with Gasteiger partial charge in [-0.1, -0.05) is 13.8 Å². The van der Waals surface area contributed by atoms with Crippen molar-refractivity contribution in [2.24, 2.45) is 23.2 Å². The largest absolute Gasteiger partial charge is 0.495 e. The summed E-state index contributed by atoms with van der Waals surface area (Å²) in [6, 6.07) is 1.94. The first-order valence-electron chi connectivity index (χ1n) is 10.2. The van der Waals surface area contributed by atoms with Crippen LogP contribution < -0.4 is 20.3 Å². The van der Waals surface area contributed by atoms with Crippen LogP contribution in [0.5, 0.6) is 11.5 Å². The zero-order chi connectivity index (χ0) is 20.3. The Balaban J connectivity index is 1.53. The highest BCUT2D eigenvalue weighted by molar-refractivity contribution is 6.06. The lowest BCUT2D eigenvalue weighted by molar-refractivity contribution is -0.100. The molecule has 7 nitrogen and oxygen atoms in total. The van der Waals surface area contributed by atoms with Gasteiger partial charge in [0.2, 0.25) is 5.75 Å². The highest BCUT2D eigenvalue weighted by Gasteiger charge is 2.53. The Labute approximate surface area is 168 Å². The predicted molar refractivity (Wildman–Crippen MR) is 110 cm³/mol. The van der Waals surface area contributed by atoms with Gasteiger partial charge in [-0.25, -0.2) is 0 Å². The minimum Gasteiger partial charge on any atom is -0.495 e. The highest BCUT2D eigenvalue weighted by Crippen LogP contribution is 2.61. The van der Waals surface area contributed by atoms with Gasteiger partial charge in [0.25, 0.3) is 11.6 Å². The number of fused-ring (bicyclic) bond motifs is 4. The minimum atomic E-state index is -0.417. The Kier molecular flexibility index (Phi) is 4.05. The molecule has 0 amide bonds. The van der Waals surface area contributed by atoms with Crippen LogP contribution in [0.15, 0.2) is 26.0 Å². The van der Waals surface area contributed by atoms with E-state index in [4.69, 9.17) is 18.3 Å². The molecule has 29 heavy (non-hydrogen) atoms. The number of nitrogens with one attached hydrogen (secondary N) is 1. The summed E-state index contributed by atoms with van der Waals surface area (Å²) in [6.07, 6.45) is 5.30.